The molecule has 0 amide bonds. The maximum atomic E-state index is 14.2. The van der Waals surface area contributed by atoms with Gasteiger partial charge in [0, 0.05) is 29.1 Å². The summed E-state index contributed by atoms with van der Waals surface area (Å²) in [5.41, 5.74) is 3.89. The van der Waals surface area contributed by atoms with Gasteiger partial charge >= 0.3 is 5.97 Å². The average molecular weight is 486 g/mol. The van der Waals surface area contributed by atoms with Crippen LogP contribution in [0, 0.1) is 12.7 Å². The van der Waals surface area contributed by atoms with E-state index >= 15 is 0 Å². The van der Waals surface area contributed by atoms with Crippen LogP contribution < -0.4 is 0 Å². The molecule has 0 bridgehead atoms. The molecular weight excluding hydrogens is 449 g/mol. The van der Waals surface area contributed by atoms with Crippen molar-refractivity contribution in [2.24, 2.45) is 0 Å². The quantitative estimate of drug-likeness (QED) is 0.292. The van der Waals surface area contributed by atoms with Gasteiger partial charge < -0.3 is 19.3 Å². The lowest BCUT2D eigenvalue weighted by molar-refractivity contribution is -0.137. The van der Waals surface area contributed by atoms with Gasteiger partial charge in [-0.25, -0.2) is 4.39 Å². The van der Waals surface area contributed by atoms with Gasteiger partial charge in [-0.1, -0.05) is 44.2 Å². The van der Waals surface area contributed by atoms with Crippen molar-refractivity contribution in [3.8, 4) is 0 Å². The van der Waals surface area contributed by atoms with E-state index in [-0.39, 0.29) is 23.9 Å². The highest BCUT2D eigenvalue weighted by Gasteiger charge is 2.33. The number of aromatic nitrogens is 1. The normalized spacial score (nSPS) is 14.5. The van der Waals surface area contributed by atoms with E-state index in [4.69, 9.17) is 9.59 Å². The van der Waals surface area contributed by atoms with Gasteiger partial charge in [0.05, 0.1) is 17.5 Å². The van der Waals surface area contributed by atoms with Crippen molar-refractivity contribution in [3.63, 3.8) is 0 Å². The van der Waals surface area contributed by atoms with Crippen molar-refractivity contribution in [3.05, 3.63) is 70.7 Å². The van der Waals surface area contributed by atoms with Crippen LogP contribution in [0.4, 0.5) is 4.39 Å². The zero-order chi connectivity index (χ0) is 27.3. The number of Topliss-reactive ketones (excluding diaryl/α,β-unsaturated/α-hetero) is 1. The Bertz CT molecular complexity index is 1110. The van der Waals surface area contributed by atoms with Crippen LogP contribution in [-0.4, -0.2) is 35.0 Å². The molecule has 6 nitrogen and oxygen atoms in total. The predicted octanol–water partition coefficient (Wildman–Crippen LogP) is 6.36. The van der Waals surface area contributed by atoms with Gasteiger partial charge in [0.25, 0.3) is 0 Å². The molecule has 3 rings (SSSR count). The summed E-state index contributed by atoms with van der Waals surface area (Å²) in [5, 5.41) is 10.1. The highest BCUT2D eigenvalue weighted by molar-refractivity contribution is 6.19. The molecule has 1 aliphatic rings. The minimum absolute atomic E-state index is 0.0507. The van der Waals surface area contributed by atoms with Gasteiger partial charge in [0.1, 0.15) is 19.4 Å². The molecular formula is C28H36FNO5. The molecule has 7 heteroatoms. The number of carboxylic acids is 1. The minimum atomic E-state index is -0.900. The number of benzene rings is 1. The van der Waals surface area contributed by atoms with Gasteiger partial charge in [-0.2, -0.15) is 0 Å². The third-order valence-corrected chi connectivity index (χ3v) is 5.46. The molecule has 1 aliphatic heterocycles. The maximum Gasteiger partial charge on any atom is 0.304 e. The summed E-state index contributed by atoms with van der Waals surface area (Å²) in [6.07, 6.45) is 6.69. The number of rotatable bonds is 6. The lowest BCUT2D eigenvalue weighted by Gasteiger charge is -2.25. The van der Waals surface area contributed by atoms with Gasteiger partial charge in [-0.05, 0) is 51.3 Å². The fourth-order valence-electron chi connectivity index (χ4n) is 4.27. The van der Waals surface area contributed by atoms with Crippen LogP contribution in [0.3, 0.4) is 0 Å². The van der Waals surface area contributed by atoms with Crippen molar-refractivity contribution in [2.75, 3.05) is 0 Å². The number of carbonyl (C=O) groups excluding carboxylic acids is 3. The van der Waals surface area contributed by atoms with E-state index in [1.54, 1.807) is 32.1 Å². The molecule has 0 saturated heterocycles. The number of allylic oxidation sites excluding steroid dienone is 5. The molecule has 35 heavy (non-hydrogen) atoms. The van der Waals surface area contributed by atoms with E-state index in [1.807, 2.05) is 38.9 Å². The molecule has 0 saturated carbocycles. The van der Waals surface area contributed by atoms with Crippen molar-refractivity contribution in [2.45, 2.75) is 66.3 Å². The summed E-state index contributed by atoms with van der Waals surface area (Å²) in [6.45, 7) is 17.9. The van der Waals surface area contributed by atoms with E-state index < -0.39 is 5.97 Å². The van der Waals surface area contributed by atoms with E-state index in [1.165, 1.54) is 12.1 Å². The first-order valence-electron chi connectivity index (χ1n) is 11.4. The molecule has 1 aromatic carbocycles. The molecule has 0 unspecified atom stereocenters. The molecule has 0 aliphatic carbocycles. The Morgan fingerprint density at radius 2 is 1.77 bits per heavy atom. The number of carbonyl (C=O) groups is 4. The first-order chi connectivity index (χ1) is 16.7. The van der Waals surface area contributed by atoms with E-state index in [0.29, 0.717) is 40.6 Å². The first-order valence-corrected chi connectivity index (χ1v) is 11.4. The zero-order valence-electron chi connectivity index (χ0n) is 21.3. The Morgan fingerprint density at radius 3 is 2.29 bits per heavy atom. The second kappa shape index (κ2) is 15.3. The summed E-state index contributed by atoms with van der Waals surface area (Å²) < 4.78 is 16.1. The van der Waals surface area contributed by atoms with Crippen LogP contribution in [-0.2, 0) is 20.9 Å². The molecule has 0 spiro atoms. The van der Waals surface area contributed by atoms with E-state index in [2.05, 4.69) is 6.58 Å². The average Bonchev–Trinajstić information content (AvgIpc) is 3.18. The van der Waals surface area contributed by atoms with Crippen molar-refractivity contribution in [1.82, 2.24) is 4.57 Å². The van der Waals surface area contributed by atoms with Crippen LogP contribution in [0.1, 0.15) is 74.5 Å². The summed E-state index contributed by atoms with van der Waals surface area (Å²) in [5.74, 6) is -1.71. The van der Waals surface area contributed by atoms with Crippen LogP contribution in [0.5, 0.6) is 0 Å². The standard InChI is InChI=1S/C24H26FNO3.C2H6.2CH2O/c1-5-16(9-8-14(2)3)24(29)22-21-15(4)11-18(25)13-19(21)26-10-6-7-17(23(22)26)12-20(27)28;3*1-2/h5,8-9,11,13,17H,2,6-7,10,12H2,1,3-4H3,(H,27,28);1-2H3;2*1H2/b9-8-,16-5+;;;/t17-;;;/m1.../s1. The fraction of sp³-hybridized carbons (Fsp3) is 0.357. The highest BCUT2D eigenvalue weighted by Crippen LogP contribution is 2.41. The molecule has 0 fully saturated rings. The number of nitrogens with zero attached hydrogens (tertiary/aromatic N) is 1. The van der Waals surface area contributed by atoms with Crippen LogP contribution in [0.15, 0.2) is 48.1 Å². The van der Waals surface area contributed by atoms with E-state index in [0.717, 1.165) is 17.7 Å². The van der Waals surface area contributed by atoms with Crippen molar-refractivity contribution < 1.29 is 28.7 Å². The Labute approximate surface area is 206 Å². The molecule has 1 aromatic heterocycles. The third-order valence-electron chi connectivity index (χ3n) is 5.46. The number of carboxylic acid groups (broad SMARTS) is 1. The Kier molecular flexibility index (Phi) is 13.7. The SMILES string of the molecule is C=C(C)/C=C\C(=C/C)C(=O)c1c2n(c3cc(F)cc(C)c13)CCC[C@@H]2CC(=O)O.C=O.C=O.CC. The highest BCUT2D eigenvalue weighted by atomic mass is 19.1. The van der Waals surface area contributed by atoms with Crippen LogP contribution >= 0.6 is 0 Å². The Morgan fingerprint density at radius 1 is 1.17 bits per heavy atom. The second-order valence-corrected chi connectivity index (χ2v) is 7.72. The molecule has 0 radical (unpaired) electrons. The monoisotopic (exact) mass is 485 g/mol. The second-order valence-electron chi connectivity index (χ2n) is 7.72. The fourth-order valence-corrected chi connectivity index (χ4v) is 4.27. The number of hydrogen-bond donors (Lipinski definition) is 1. The van der Waals surface area contributed by atoms with Crippen molar-refractivity contribution >= 4 is 36.2 Å². The maximum absolute atomic E-state index is 14.2. The molecule has 190 valence electrons. The summed E-state index contributed by atoms with van der Waals surface area (Å²) in [4.78, 5) is 41.1. The zero-order valence-corrected chi connectivity index (χ0v) is 21.3. The van der Waals surface area contributed by atoms with Gasteiger partial charge in [-0.3, -0.25) is 9.59 Å². The Hall–Kier alpha value is -3.61. The number of aryl methyl sites for hydroxylation is 2. The number of ketones is 1. The largest absolute Gasteiger partial charge is 0.481 e. The number of halogens is 1. The molecule has 2 heterocycles. The molecule has 1 atom stereocenters. The number of aliphatic carboxylic acids is 1. The summed E-state index contributed by atoms with van der Waals surface area (Å²) in [7, 11) is 0. The van der Waals surface area contributed by atoms with Gasteiger partial charge in [-0.15, -0.1) is 0 Å². The first kappa shape index (κ1) is 31.4. The van der Waals surface area contributed by atoms with Gasteiger partial charge in [0.2, 0.25) is 0 Å². The molecule has 1 N–H and O–H groups in total. The van der Waals surface area contributed by atoms with Crippen LogP contribution in [0.2, 0.25) is 0 Å². The summed E-state index contributed by atoms with van der Waals surface area (Å²) in [6, 6.07) is 2.88. The third kappa shape index (κ3) is 7.44. The summed E-state index contributed by atoms with van der Waals surface area (Å²) >= 11 is 0. The van der Waals surface area contributed by atoms with E-state index in [9.17, 15) is 19.1 Å². The lowest BCUT2D eigenvalue weighted by atomic mass is 9.87. The van der Waals surface area contributed by atoms with Gasteiger partial charge in [0.15, 0.2) is 5.78 Å². The topological polar surface area (TPSA) is 93.4 Å². The smallest absolute Gasteiger partial charge is 0.304 e. The number of hydrogen-bond acceptors (Lipinski definition) is 4. The molecule has 2 aromatic rings. The minimum Gasteiger partial charge on any atom is -0.481 e. The predicted molar refractivity (Wildman–Crippen MR) is 138 cm³/mol. The lowest BCUT2D eigenvalue weighted by Crippen LogP contribution is -2.20. The Balaban J connectivity index is 0.00000179. The van der Waals surface area contributed by atoms with Crippen molar-refractivity contribution in [1.29, 1.82) is 0 Å². The van der Waals surface area contributed by atoms with Crippen LogP contribution in [0.25, 0.3) is 10.9 Å². The number of fused-ring (bicyclic) bond motifs is 3.